The molecule has 0 aliphatic carbocycles. The van der Waals surface area contributed by atoms with E-state index in [-0.39, 0.29) is 5.25 Å². The molecule has 1 heterocycles. The number of carboxylic acid groups (broad SMARTS) is 1. The third-order valence-electron chi connectivity index (χ3n) is 2.09. The molecule has 4 heteroatoms. The summed E-state index contributed by atoms with van der Waals surface area (Å²) in [6, 6.07) is -0.503. The number of nitrogens with zero attached hydrogens (tertiary/aromatic N) is 1. The van der Waals surface area contributed by atoms with Crippen LogP contribution in [0.4, 0.5) is 0 Å². The predicted octanol–water partition coefficient (Wildman–Crippen LogP) is 2.16. The van der Waals surface area contributed by atoms with Crippen molar-refractivity contribution in [2.75, 3.05) is 0 Å². The highest BCUT2D eigenvalue weighted by Gasteiger charge is 2.33. The van der Waals surface area contributed by atoms with Gasteiger partial charge < -0.3 is 5.11 Å². The van der Waals surface area contributed by atoms with E-state index in [1.165, 1.54) is 0 Å². The van der Waals surface area contributed by atoms with Crippen molar-refractivity contribution in [3.63, 3.8) is 0 Å². The molecule has 3 nitrogen and oxygen atoms in total. The molecule has 0 aromatic rings. The predicted molar refractivity (Wildman–Crippen MR) is 55.4 cm³/mol. The van der Waals surface area contributed by atoms with Gasteiger partial charge in [0.1, 0.15) is 0 Å². The van der Waals surface area contributed by atoms with Crippen LogP contribution in [0.1, 0.15) is 33.1 Å². The SMILES string of the molecule is CCCCC1SC(C)=NC1C(=O)O. The molecule has 74 valence electrons. The maximum Gasteiger partial charge on any atom is 0.329 e. The third kappa shape index (κ3) is 2.72. The van der Waals surface area contributed by atoms with Crippen molar-refractivity contribution < 1.29 is 9.90 Å². The molecule has 2 atom stereocenters. The van der Waals surface area contributed by atoms with E-state index in [0.29, 0.717) is 0 Å². The highest BCUT2D eigenvalue weighted by molar-refractivity contribution is 8.14. The van der Waals surface area contributed by atoms with Crippen molar-refractivity contribution in [1.29, 1.82) is 0 Å². The summed E-state index contributed by atoms with van der Waals surface area (Å²) in [6.07, 6.45) is 3.16. The van der Waals surface area contributed by atoms with Gasteiger partial charge in [-0.1, -0.05) is 19.8 Å². The second-order valence-electron chi connectivity index (χ2n) is 3.23. The lowest BCUT2D eigenvalue weighted by molar-refractivity contribution is -0.138. The minimum atomic E-state index is -0.787. The fourth-order valence-corrected chi connectivity index (χ4v) is 2.63. The van der Waals surface area contributed by atoms with Gasteiger partial charge in [-0.3, -0.25) is 4.99 Å². The molecule has 0 aromatic heterocycles. The zero-order valence-corrected chi connectivity index (χ0v) is 8.80. The van der Waals surface area contributed by atoms with E-state index in [4.69, 9.17) is 5.11 Å². The van der Waals surface area contributed by atoms with Crippen LogP contribution in [0.25, 0.3) is 0 Å². The first kappa shape index (κ1) is 10.6. The van der Waals surface area contributed by atoms with Crippen LogP contribution in [0.3, 0.4) is 0 Å². The molecule has 0 radical (unpaired) electrons. The van der Waals surface area contributed by atoms with E-state index in [0.717, 1.165) is 24.3 Å². The van der Waals surface area contributed by atoms with Crippen LogP contribution in [0.2, 0.25) is 0 Å². The number of aliphatic imine (C=N–C) groups is 1. The van der Waals surface area contributed by atoms with Gasteiger partial charge in [0.25, 0.3) is 0 Å². The Hall–Kier alpha value is -0.510. The van der Waals surface area contributed by atoms with Gasteiger partial charge in [0.2, 0.25) is 0 Å². The van der Waals surface area contributed by atoms with Crippen molar-refractivity contribution in [2.45, 2.75) is 44.4 Å². The molecule has 0 bridgehead atoms. The van der Waals surface area contributed by atoms with Gasteiger partial charge >= 0.3 is 5.97 Å². The van der Waals surface area contributed by atoms with Gasteiger partial charge in [0.05, 0.1) is 5.04 Å². The highest BCUT2D eigenvalue weighted by atomic mass is 32.2. The highest BCUT2D eigenvalue weighted by Crippen LogP contribution is 2.30. The van der Waals surface area contributed by atoms with Crippen LogP contribution in [0.5, 0.6) is 0 Å². The van der Waals surface area contributed by atoms with Gasteiger partial charge in [-0.2, -0.15) is 0 Å². The Morgan fingerprint density at radius 1 is 1.69 bits per heavy atom. The maximum atomic E-state index is 10.8. The average Bonchev–Trinajstić information content (AvgIpc) is 2.43. The number of carbonyl (C=O) groups is 1. The molecule has 0 spiro atoms. The second-order valence-corrected chi connectivity index (χ2v) is 4.66. The normalized spacial score (nSPS) is 27.4. The van der Waals surface area contributed by atoms with Crippen molar-refractivity contribution >= 4 is 22.8 Å². The van der Waals surface area contributed by atoms with E-state index in [9.17, 15) is 4.79 Å². The molecule has 0 aromatic carbocycles. The Bertz CT molecular complexity index is 228. The lowest BCUT2D eigenvalue weighted by Gasteiger charge is -2.12. The van der Waals surface area contributed by atoms with Crippen LogP contribution in [-0.2, 0) is 4.79 Å². The third-order valence-corrected chi connectivity index (χ3v) is 3.33. The van der Waals surface area contributed by atoms with Crippen LogP contribution < -0.4 is 0 Å². The standard InChI is InChI=1S/C9H15NO2S/c1-3-4-5-7-8(9(11)12)10-6(2)13-7/h7-8H,3-5H2,1-2H3,(H,11,12). The summed E-state index contributed by atoms with van der Waals surface area (Å²) in [5.41, 5.74) is 0. The molecule has 0 amide bonds. The minimum absolute atomic E-state index is 0.164. The van der Waals surface area contributed by atoms with Gasteiger partial charge in [0, 0.05) is 5.25 Å². The van der Waals surface area contributed by atoms with Crippen LogP contribution in [0, 0.1) is 0 Å². The topological polar surface area (TPSA) is 49.7 Å². The van der Waals surface area contributed by atoms with E-state index in [2.05, 4.69) is 11.9 Å². The van der Waals surface area contributed by atoms with Crippen LogP contribution >= 0.6 is 11.8 Å². The zero-order valence-electron chi connectivity index (χ0n) is 7.99. The largest absolute Gasteiger partial charge is 0.480 e. The Balaban J connectivity index is 2.52. The fraction of sp³-hybridized carbons (Fsp3) is 0.778. The smallest absolute Gasteiger partial charge is 0.329 e. The van der Waals surface area contributed by atoms with E-state index in [1.807, 2.05) is 6.92 Å². The molecule has 1 aliphatic heterocycles. The van der Waals surface area contributed by atoms with Crippen molar-refractivity contribution in [2.24, 2.45) is 4.99 Å². The van der Waals surface area contributed by atoms with Crippen LogP contribution in [0.15, 0.2) is 4.99 Å². The van der Waals surface area contributed by atoms with Crippen molar-refractivity contribution in [3.8, 4) is 0 Å². The molecule has 0 saturated carbocycles. The first-order valence-corrected chi connectivity index (χ1v) is 5.47. The first-order valence-electron chi connectivity index (χ1n) is 4.59. The van der Waals surface area contributed by atoms with E-state index < -0.39 is 12.0 Å². The van der Waals surface area contributed by atoms with E-state index in [1.54, 1.807) is 11.8 Å². The van der Waals surface area contributed by atoms with Gasteiger partial charge in [-0.15, -0.1) is 11.8 Å². The quantitative estimate of drug-likeness (QED) is 0.758. The average molecular weight is 201 g/mol. The molecule has 0 fully saturated rings. The Labute approximate surface area is 82.6 Å². The van der Waals surface area contributed by atoms with Gasteiger partial charge in [0.15, 0.2) is 6.04 Å². The zero-order chi connectivity index (χ0) is 9.84. The molecule has 1 rings (SSSR count). The Kier molecular flexibility index (Phi) is 3.78. The summed E-state index contributed by atoms with van der Waals surface area (Å²) in [5.74, 6) is -0.787. The Morgan fingerprint density at radius 2 is 2.38 bits per heavy atom. The number of hydrogen-bond acceptors (Lipinski definition) is 3. The summed E-state index contributed by atoms with van der Waals surface area (Å²) >= 11 is 1.61. The number of carboxylic acids is 1. The lowest BCUT2D eigenvalue weighted by Crippen LogP contribution is -2.26. The molecule has 0 saturated heterocycles. The number of aliphatic carboxylic acids is 1. The number of rotatable bonds is 4. The number of hydrogen-bond donors (Lipinski definition) is 1. The number of unbranched alkanes of at least 4 members (excludes halogenated alkanes) is 1. The van der Waals surface area contributed by atoms with Crippen LogP contribution in [-0.4, -0.2) is 27.4 Å². The molecule has 13 heavy (non-hydrogen) atoms. The maximum absolute atomic E-state index is 10.8. The van der Waals surface area contributed by atoms with Gasteiger partial charge in [-0.05, 0) is 13.3 Å². The van der Waals surface area contributed by atoms with Crippen molar-refractivity contribution in [3.05, 3.63) is 0 Å². The monoisotopic (exact) mass is 201 g/mol. The first-order chi connectivity index (χ1) is 6.15. The summed E-state index contributed by atoms with van der Waals surface area (Å²) in [4.78, 5) is 14.9. The summed E-state index contributed by atoms with van der Waals surface area (Å²) in [5, 5.41) is 9.96. The molecule has 1 N–H and O–H groups in total. The van der Waals surface area contributed by atoms with Crippen molar-refractivity contribution in [1.82, 2.24) is 0 Å². The minimum Gasteiger partial charge on any atom is -0.480 e. The number of thioether (sulfide) groups is 1. The molecule has 2 unspecified atom stereocenters. The van der Waals surface area contributed by atoms with Gasteiger partial charge in [-0.25, -0.2) is 4.79 Å². The molecular formula is C9H15NO2S. The summed E-state index contributed by atoms with van der Waals surface area (Å²) < 4.78 is 0. The summed E-state index contributed by atoms with van der Waals surface area (Å²) in [6.45, 7) is 4.00. The lowest BCUT2D eigenvalue weighted by atomic mass is 10.1. The summed E-state index contributed by atoms with van der Waals surface area (Å²) in [7, 11) is 0. The Morgan fingerprint density at radius 3 is 2.92 bits per heavy atom. The molecular weight excluding hydrogens is 186 g/mol. The fourth-order valence-electron chi connectivity index (χ4n) is 1.43. The second kappa shape index (κ2) is 4.65. The van der Waals surface area contributed by atoms with E-state index >= 15 is 0 Å². The molecule has 1 aliphatic rings.